The number of anilines is 1. The van der Waals surface area contributed by atoms with Gasteiger partial charge in [-0.05, 0) is 19.4 Å². The number of carbonyl (C=O) groups excluding carboxylic acids is 1. The zero-order chi connectivity index (χ0) is 12.6. The molecule has 0 unspecified atom stereocenters. The fourth-order valence-electron chi connectivity index (χ4n) is 1.83. The molecule has 1 aromatic heterocycles. The van der Waals surface area contributed by atoms with E-state index in [0.29, 0.717) is 19.4 Å². The van der Waals surface area contributed by atoms with E-state index < -0.39 is 11.7 Å². The maximum Gasteiger partial charge on any atom is 0.418 e. The van der Waals surface area contributed by atoms with Crippen molar-refractivity contribution in [2.24, 2.45) is 0 Å². The van der Waals surface area contributed by atoms with E-state index in [1.54, 1.807) is 0 Å². The highest BCUT2D eigenvalue weighted by molar-refractivity contribution is 6.00. The van der Waals surface area contributed by atoms with Crippen molar-refractivity contribution in [3.05, 3.63) is 23.0 Å². The molecule has 1 aliphatic rings. The van der Waals surface area contributed by atoms with E-state index in [1.165, 1.54) is 6.92 Å². The molecule has 0 spiro atoms. The SMILES string of the molecule is Cc1nc2c(cc1C(F)(F)F)NCCCC2=O. The minimum Gasteiger partial charge on any atom is -0.383 e. The van der Waals surface area contributed by atoms with Gasteiger partial charge >= 0.3 is 6.18 Å². The monoisotopic (exact) mass is 244 g/mol. The highest BCUT2D eigenvalue weighted by Gasteiger charge is 2.34. The Morgan fingerprint density at radius 2 is 2.12 bits per heavy atom. The lowest BCUT2D eigenvalue weighted by Gasteiger charge is -2.13. The summed E-state index contributed by atoms with van der Waals surface area (Å²) in [6, 6.07) is 0.973. The van der Waals surface area contributed by atoms with Crippen molar-refractivity contribution in [2.75, 3.05) is 11.9 Å². The number of pyridine rings is 1. The first-order valence-corrected chi connectivity index (χ1v) is 5.25. The third kappa shape index (κ3) is 2.25. The predicted molar refractivity (Wildman–Crippen MR) is 56.0 cm³/mol. The van der Waals surface area contributed by atoms with Crippen molar-refractivity contribution in [1.29, 1.82) is 0 Å². The van der Waals surface area contributed by atoms with E-state index >= 15 is 0 Å². The van der Waals surface area contributed by atoms with E-state index in [9.17, 15) is 18.0 Å². The Kier molecular flexibility index (Phi) is 2.81. The number of carbonyl (C=O) groups is 1. The fourth-order valence-corrected chi connectivity index (χ4v) is 1.83. The van der Waals surface area contributed by atoms with Crippen molar-refractivity contribution in [3.63, 3.8) is 0 Å². The Labute approximate surface area is 96.0 Å². The summed E-state index contributed by atoms with van der Waals surface area (Å²) in [5, 5.41) is 2.81. The number of halogens is 3. The minimum absolute atomic E-state index is 0.119. The summed E-state index contributed by atoms with van der Waals surface area (Å²) in [5.74, 6) is -0.207. The normalized spacial score (nSPS) is 16.1. The van der Waals surface area contributed by atoms with E-state index in [1.807, 2.05) is 0 Å². The number of Topliss-reactive ketones (excluding diaryl/α,β-unsaturated/α-hetero) is 1. The van der Waals surface area contributed by atoms with E-state index in [2.05, 4.69) is 10.3 Å². The highest BCUT2D eigenvalue weighted by Crippen LogP contribution is 2.34. The second-order valence-corrected chi connectivity index (χ2v) is 3.97. The fraction of sp³-hybridized carbons (Fsp3) is 0.455. The highest BCUT2D eigenvalue weighted by atomic mass is 19.4. The average molecular weight is 244 g/mol. The molecule has 6 heteroatoms. The maximum absolute atomic E-state index is 12.7. The van der Waals surface area contributed by atoms with Crippen LogP contribution in [0.25, 0.3) is 0 Å². The molecule has 0 atom stereocenters. The van der Waals surface area contributed by atoms with Crippen LogP contribution in [-0.4, -0.2) is 17.3 Å². The molecule has 1 N–H and O–H groups in total. The topological polar surface area (TPSA) is 42.0 Å². The van der Waals surface area contributed by atoms with E-state index in [-0.39, 0.29) is 22.9 Å². The van der Waals surface area contributed by atoms with Gasteiger partial charge in [0.25, 0.3) is 0 Å². The number of rotatable bonds is 0. The van der Waals surface area contributed by atoms with Crippen LogP contribution in [0.4, 0.5) is 18.9 Å². The number of nitrogens with one attached hydrogen (secondary N) is 1. The first kappa shape index (κ1) is 11.9. The molecule has 0 bridgehead atoms. The summed E-state index contributed by atoms with van der Waals surface area (Å²) in [4.78, 5) is 15.4. The van der Waals surface area contributed by atoms with Crippen molar-refractivity contribution < 1.29 is 18.0 Å². The van der Waals surface area contributed by atoms with Gasteiger partial charge in [-0.1, -0.05) is 0 Å². The molecule has 0 radical (unpaired) electrons. The third-order valence-electron chi connectivity index (χ3n) is 2.68. The number of aryl methyl sites for hydroxylation is 1. The molecule has 1 aliphatic heterocycles. The molecule has 92 valence electrons. The van der Waals surface area contributed by atoms with Crippen LogP contribution in [0.15, 0.2) is 6.07 Å². The molecular weight excluding hydrogens is 233 g/mol. The van der Waals surface area contributed by atoms with Gasteiger partial charge in [-0.2, -0.15) is 13.2 Å². The number of ketones is 1. The smallest absolute Gasteiger partial charge is 0.383 e. The largest absolute Gasteiger partial charge is 0.418 e. The summed E-state index contributed by atoms with van der Waals surface area (Å²) in [5.41, 5.74) is -0.648. The van der Waals surface area contributed by atoms with Crippen LogP contribution in [-0.2, 0) is 6.18 Å². The molecule has 0 aromatic carbocycles. The molecule has 17 heavy (non-hydrogen) atoms. The second-order valence-electron chi connectivity index (χ2n) is 3.97. The van der Waals surface area contributed by atoms with Crippen LogP contribution in [0.3, 0.4) is 0 Å². The lowest BCUT2D eigenvalue weighted by Crippen LogP contribution is -2.13. The summed E-state index contributed by atoms with van der Waals surface area (Å²) in [6.45, 7) is 1.75. The van der Waals surface area contributed by atoms with Crippen LogP contribution in [0.5, 0.6) is 0 Å². The molecule has 0 saturated carbocycles. The van der Waals surface area contributed by atoms with E-state index in [0.717, 1.165) is 6.07 Å². The summed E-state index contributed by atoms with van der Waals surface area (Å²) in [6.07, 6.45) is -3.52. The van der Waals surface area contributed by atoms with Gasteiger partial charge in [0.15, 0.2) is 5.78 Å². The molecule has 0 fully saturated rings. The van der Waals surface area contributed by atoms with Crippen LogP contribution in [0, 0.1) is 6.92 Å². The van der Waals surface area contributed by atoms with Gasteiger partial charge in [0, 0.05) is 13.0 Å². The Bertz CT molecular complexity index is 469. The number of aromatic nitrogens is 1. The van der Waals surface area contributed by atoms with Crippen LogP contribution in [0.1, 0.15) is 34.6 Å². The van der Waals surface area contributed by atoms with Gasteiger partial charge in [0.05, 0.1) is 16.9 Å². The zero-order valence-electron chi connectivity index (χ0n) is 9.19. The first-order chi connectivity index (χ1) is 7.89. The molecule has 0 amide bonds. The van der Waals surface area contributed by atoms with Crippen LogP contribution in [0.2, 0.25) is 0 Å². The Balaban J connectivity index is 2.56. The number of hydrogen-bond acceptors (Lipinski definition) is 3. The van der Waals surface area contributed by atoms with Crippen LogP contribution >= 0.6 is 0 Å². The Morgan fingerprint density at radius 3 is 2.76 bits per heavy atom. The van der Waals surface area contributed by atoms with Gasteiger partial charge < -0.3 is 5.32 Å². The molecule has 0 saturated heterocycles. The molecule has 1 aromatic rings. The summed E-state index contributed by atoms with van der Waals surface area (Å²) < 4.78 is 38.0. The van der Waals surface area contributed by atoms with Gasteiger partial charge in [0.1, 0.15) is 5.69 Å². The lowest BCUT2D eigenvalue weighted by molar-refractivity contribution is -0.138. The van der Waals surface area contributed by atoms with Crippen molar-refractivity contribution in [3.8, 4) is 0 Å². The van der Waals surface area contributed by atoms with Crippen LogP contribution < -0.4 is 5.32 Å². The first-order valence-electron chi connectivity index (χ1n) is 5.25. The zero-order valence-corrected chi connectivity index (χ0v) is 9.19. The third-order valence-corrected chi connectivity index (χ3v) is 2.68. The molecule has 0 aliphatic carbocycles. The molecule has 2 rings (SSSR count). The van der Waals surface area contributed by atoms with Crippen molar-refractivity contribution in [1.82, 2.24) is 4.98 Å². The second kappa shape index (κ2) is 4.01. The van der Waals surface area contributed by atoms with Gasteiger partial charge in [-0.15, -0.1) is 0 Å². The minimum atomic E-state index is -4.44. The quantitative estimate of drug-likeness (QED) is 0.763. The van der Waals surface area contributed by atoms with Crippen molar-refractivity contribution in [2.45, 2.75) is 25.9 Å². The number of fused-ring (bicyclic) bond motifs is 1. The summed E-state index contributed by atoms with van der Waals surface area (Å²) >= 11 is 0. The van der Waals surface area contributed by atoms with Gasteiger partial charge in [0.2, 0.25) is 0 Å². The van der Waals surface area contributed by atoms with Gasteiger partial charge in [-0.25, -0.2) is 4.98 Å². The van der Waals surface area contributed by atoms with Crippen molar-refractivity contribution >= 4 is 11.5 Å². The molecular formula is C11H11F3N2O. The van der Waals surface area contributed by atoms with E-state index in [4.69, 9.17) is 0 Å². The molecule has 3 nitrogen and oxygen atoms in total. The Morgan fingerprint density at radius 1 is 1.41 bits per heavy atom. The van der Waals surface area contributed by atoms with Gasteiger partial charge in [-0.3, -0.25) is 4.79 Å². The molecule has 2 heterocycles. The Hall–Kier alpha value is -1.59. The maximum atomic E-state index is 12.7. The number of alkyl halides is 3. The average Bonchev–Trinajstić information content (AvgIpc) is 2.39. The summed E-state index contributed by atoms with van der Waals surface area (Å²) in [7, 11) is 0. The standard InChI is InChI=1S/C11H11F3N2O/c1-6-7(11(12,13)14)5-8-10(16-6)9(17)3-2-4-15-8/h5,15H,2-4H2,1H3. The lowest BCUT2D eigenvalue weighted by atomic mass is 10.1. The number of hydrogen-bond donors (Lipinski definition) is 1. The predicted octanol–water partition coefficient (Wildman–Crippen LogP) is 2.80. The number of nitrogens with zero attached hydrogens (tertiary/aromatic N) is 1.